The molecule has 0 aliphatic carbocycles. The van der Waals surface area contributed by atoms with E-state index in [9.17, 15) is 14.4 Å². The van der Waals surface area contributed by atoms with Gasteiger partial charge < -0.3 is 4.74 Å². The third kappa shape index (κ3) is 4.65. The topological polar surface area (TPSA) is 75.7 Å². The number of imide groups is 2. The zero-order chi connectivity index (χ0) is 24.4. The van der Waals surface area contributed by atoms with E-state index in [4.69, 9.17) is 4.74 Å². The number of rotatable bonds is 5. The van der Waals surface area contributed by atoms with Crippen LogP contribution in [0.3, 0.4) is 0 Å². The van der Waals surface area contributed by atoms with Crippen molar-refractivity contribution in [1.29, 1.82) is 0 Å². The predicted molar refractivity (Wildman–Crippen MR) is 135 cm³/mol. The van der Waals surface area contributed by atoms with Crippen LogP contribution < -0.4 is 15.0 Å². The molecule has 1 aliphatic rings. The van der Waals surface area contributed by atoms with E-state index in [0.717, 1.165) is 31.6 Å². The lowest BCUT2D eigenvalue weighted by atomic mass is 10.0. The molecule has 1 saturated heterocycles. The molecule has 34 heavy (non-hydrogen) atoms. The van der Waals surface area contributed by atoms with Crippen molar-refractivity contribution in [1.82, 2.24) is 5.32 Å². The molecule has 6 nitrogen and oxygen atoms in total. The number of aryl methyl sites for hydroxylation is 2. The number of methoxy groups -OCH3 is 1. The van der Waals surface area contributed by atoms with E-state index in [2.05, 4.69) is 21.2 Å². The number of nitrogens with one attached hydrogen (secondary N) is 1. The summed E-state index contributed by atoms with van der Waals surface area (Å²) in [5.74, 6) is -0.761. The Bertz CT molecular complexity index is 1350. The van der Waals surface area contributed by atoms with Crippen LogP contribution >= 0.6 is 15.9 Å². The third-order valence-corrected chi connectivity index (χ3v) is 6.44. The normalized spacial score (nSPS) is 15.0. The Morgan fingerprint density at radius 2 is 1.74 bits per heavy atom. The summed E-state index contributed by atoms with van der Waals surface area (Å²) in [6, 6.07) is 18.2. The first-order valence-electron chi connectivity index (χ1n) is 10.7. The van der Waals surface area contributed by atoms with Crippen molar-refractivity contribution in [2.45, 2.75) is 20.3 Å². The monoisotopic (exact) mass is 518 g/mol. The minimum Gasteiger partial charge on any atom is -0.496 e. The summed E-state index contributed by atoms with van der Waals surface area (Å²) in [6.45, 7) is 3.68. The highest BCUT2D eigenvalue weighted by molar-refractivity contribution is 9.10. The van der Waals surface area contributed by atoms with Crippen molar-refractivity contribution in [3.8, 4) is 5.75 Å². The van der Waals surface area contributed by atoms with Crippen molar-refractivity contribution in [2.75, 3.05) is 12.0 Å². The highest BCUT2D eigenvalue weighted by Gasteiger charge is 2.37. The summed E-state index contributed by atoms with van der Waals surface area (Å²) in [5.41, 5.74) is 4.65. The van der Waals surface area contributed by atoms with Crippen LogP contribution in [-0.2, 0) is 16.0 Å². The Labute approximate surface area is 206 Å². The summed E-state index contributed by atoms with van der Waals surface area (Å²) in [4.78, 5) is 39.4. The van der Waals surface area contributed by atoms with E-state index in [0.29, 0.717) is 23.4 Å². The van der Waals surface area contributed by atoms with Gasteiger partial charge in [0, 0.05) is 10.9 Å². The van der Waals surface area contributed by atoms with Crippen molar-refractivity contribution < 1.29 is 19.1 Å². The zero-order valence-electron chi connectivity index (χ0n) is 19.0. The molecule has 172 valence electrons. The summed E-state index contributed by atoms with van der Waals surface area (Å²) in [5, 5.41) is 2.28. The Hall–Kier alpha value is -3.71. The number of hydrogen-bond donors (Lipinski definition) is 1. The number of carbonyl (C=O) groups is 3. The number of anilines is 1. The second kappa shape index (κ2) is 9.65. The van der Waals surface area contributed by atoms with Gasteiger partial charge in [0.15, 0.2) is 0 Å². The number of ether oxygens (including phenoxy) is 1. The van der Waals surface area contributed by atoms with Crippen LogP contribution in [0.25, 0.3) is 6.08 Å². The molecule has 3 aromatic carbocycles. The quantitative estimate of drug-likeness (QED) is 0.365. The zero-order valence-corrected chi connectivity index (χ0v) is 20.6. The molecule has 7 heteroatoms. The molecule has 1 heterocycles. The lowest BCUT2D eigenvalue weighted by Gasteiger charge is -2.27. The Morgan fingerprint density at radius 3 is 2.47 bits per heavy atom. The highest BCUT2D eigenvalue weighted by atomic mass is 79.9. The van der Waals surface area contributed by atoms with E-state index < -0.39 is 17.8 Å². The van der Waals surface area contributed by atoms with Crippen LogP contribution in [-0.4, -0.2) is 25.0 Å². The van der Waals surface area contributed by atoms with Crippen LogP contribution in [0.2, 0.25) is 0 Å². The summed E-state index contributed by atoms with van der Waals surface area (Å²) in [7, 11) is 1.58. The van der Waals surface area contributed by atoms with Gasteiger partial charge >= 0.3 is 6.03 Å². The maximum Gasteiger partial charge on any atom is 0.335 e. The van der Waals surface area contributed by atoms with Gasteiger partial charge in [-0.15, -0.1) is 0 Å². The molecule has 0 unspecified atom stereocenters. The number of benzene rings is 3. The third-order valence-electron chi connectivity index (χ3n) is 5.67. The first kappa shape index (κ1) is 23.4. The highest BCUT2D eigenvalue weighted by Crippen LogP contribution is 2.29. The van der Waals surface area contributed by atoms with Crippen LogP contribution in [0.4, 0.5) is 10.5 Å². The van der Waals surface area contributed by atoms with Crippen molar-refractivity contribution >= 4 is 45.5 Å². The van der Waals surface area contributed by atoms with E-state index >= 15 is 0 Å². The number of carbonyl (C=O) groups excluding carboxylic acids is 3. The van der Waals surface area contributed by atoms with E-state index in [-0.39, 0.29) is 5.57 Å². The SMILES string of the molecule is COc1cc(/C=C2\C(=O)NC(=O)N(c3cc(C)ccc3C)C2=O)ccc1Cc1ccccc1Br. The molecular weight excluding hydrogens is 496 g/mol. The first-order chi connectivity index (χ1) is 16.3. The van der Waals surface area contributed by atoms with Crippen molar-refractivity contribution in [2.24, 2.45) is 0 Å². The second-order valence-corrected chi connectivity index (χ2v) is 8.94. The molecule has 1 aliphatic heterocycles. The van der Waals surface area contributed by atoms with Crippen LogP contribution in [0.15, 0.2) is 70.7 Å². The first-order valence-corrected chi connectivity index (χ1v) is 11.5. The summed E-state index contributed by atoms with van der Waals surface area (Å²) < 4.78 is 6.59. The number of hydrogen-bond acceptors (Lipinski definition) is 4. The van der Waals surface area contributed by atoms with Gasteiger partial charge in [-0.2, -0.15) is 0 Å². The maximum atomic E-state index is 13.3. The lowest BCUT2D eigenvalue weighted by Crippen LogP contribution is -2.54. The van der Waals surface area contributed by atoms with Gasteiger partial charge in [-0.3, -0.25) is 14.9 Å². The molecule has 3 aromatic rings. The summed E-state index contributed by atoms with van der Waals surface area (Å²) >= 11 is 3.57. The average molecular weight is 519 g/mol. The van der Waals surface area contributed by atoms with Crippen LogP contribution in [0.5, 0.6) is 5.75 Å². The molecule has 0 aromatic heterocycles. The number of halogens is 1. The standard InChI is InChI=1S/C27H23BrN2O4/c1-16-8-9-17(2)23(12-16)30-26(32)21(25(31)29-27(30)33)13-18-10-11-20(24(14-18)34-3)15-19-6-4-5-7-22(19)28/h4-14H,15H2,1-3H3,(H,29,31,33)/b21-13+. The number of urea groups is 1. The number of barbiturate groups is 1. The van der Waals surface area contributed by atoms with Crippen LogP contribution in [0.1, 0.15) is 27.8 Å². The van der Waals surface area contributed by atoms with Crippen molar-refractivity contribution in [3.63, 3.8) is 0 Å². The predicted octanol–water partition coefficient (Wildman–Crippen LogP) is 5.33. The number of amides is 4. The van der Waals surface area contributed by atoms with Gasteiger partial charge in [0.2, 0.25) is 0 Å². The Kier molecular flexibility index (Phi) is 6.65. The molecule has 0 spiro atoms. The number of nitrogens with zero attached hydrogens (tertiary/aromatic N) is 1. The molecule has 4 amide bonds. The molecule has 0 bridgehead atoms. The molecule has 0 saturated carbocycles. The largest absolute Gasteiger partial charge is 0.496 e. The average Bonchev–Trinajstić information content (AvgIpc) is 2.81. The fourth-order valence-electron chi connectivity index (χ4n) is 3.85. The molecule has 4 rings (SSSR count). The van der Waals surface area contributed by atoms with Gasteiger partial charge in [0.25, 0.3) is 11.8 Å². The molecular formula is C27H23BrN2O4. The van der Waals surface area contributed by atoms with Gasteiger partial charge in [-0.25, -0.2) is 9.69 Å². The fourth-order valence-corrected chi connectivity index (χ4v) is 4.27. The Morgan fingerprint density at radius 1 is 0.971 bits per heavy atom. The molecule has 0 radical (unpaired) electrons. The maximum absolute atomic E-state index is 13.3. The molecule has 1 fully saturated rings. The van der Waals surface area contributed by atoms with Crippen molar-refractivity contribution in [3.05, 3.63) is 98.5 Å². The Balaban J connectivity index is 1.69. The minimum absolute atomic E-state index is 0.124. The van der Waals surface area contributed by atoms with E-state index in [1.165, 1.54) is 6.08 Å². The van der Waals surface area contributed by atoms with E-state index in [1.54, 1.807) is 19.2 Å². The van der Waals surface area contributed by atoms with Gasteiger partial charge in [0.1, 0.15) is 11.3 Å². The lowest BCUT2D eigenvalue weighted by molar-refractivity contribution is -0.122. The van der Waals surface area contributed by atoms with Gasteiger partial charge in [0.05, 0.1) is 12.8 Å². The summed E-state index contributed by atoms with van der Waals surface area (Å²) in [6.07, 6.45) is 2.13. The van der Waals surface area contributed by atoms with Gasteiger partial charge in [-0.1, -0.05) is 58.4 Å². The smallest absolute Gasteiger partial charge is 0.335 e. The molecule has 0 atom stereocenters. The molecule has 1 N–H and O–H groups in total. The minimum atomic E-state index is -0.762. The van der Waals surface area contributed by atoms with Gasteiger partial charge in [-0.05, 0) is 65.9 Å². The fraction of sp³-hybridized carbons (Fsp3) is 0.148. The van der Waals surface area contributed by atoms with E-state index in [1.807, 2.05) is 62.4 Å². The van der Waals surface area contributed by atoms with Crippen LogP contribution in [0, 0.1) is 13.8 Å². The second-order valence-electron chi connectivity index (χ2n) is 8.09.